The zero-order valence-corrected chi connectivity index (χ0v) is 12.2. The minimum Gasteiger partial charge on any atom is -0.480 e. The zero-order chi connectivity index (χ0) is 15.2. The maximum Gasteiger partial charge on any atom is 0.322 e. The van der Waals surface area contributed by atoms with Crippen molar-refractivity contribution in [1.82, 2.24) is 8.61 Å². The number of hydrogen-bond donors (Lipinski definition) is 1. The first kappa shape index (κ1) is 16.8. The molecule has 0 aromatic carbocycles. The van der Waals surface area contributed by atoms with Gasteiger partial charge in [0.25, 0.3) is 10.2 Å². The van der Waals surface area contributed by atoms with Crippen LogP contribution in [0.1, 0.15) is 19.3 Å². The van der Waals surface area contributed by atoms with Crippen molar-refractivity contribution in [3.8, 4) is 6.07 Å². The van der Waals surface area contributed by atoms with Crippen molar-refractivity contribution in [2.45, 2.75) is 25.3 Å². The molecule has 0 spiro atoms. The van der Waals surface area contributed by atoms with Gasteiger partial charge in [-0.1, -0.05) is 0 Å². The Hall–Kier alpha value is -1.21. The highest BCUT2D eigenvalue weighted by atomic mass is 32.2. The number of methoxy groups -OCH3 is 1. The van der Waals surface area contributed by atoms with Crippen LogP contribution in [0, 0.1) is 11.3 Å². The van der Waals surface area contributed by atoms with Gasteiger partial charge in [0.1, 0.15) is 6.04 Å². The van der Waals surface area contributed by atoms with Gasteiger partial charge in [0.05, 0.1) is 12.7 Å². The van der Waals surface area contributed by atoms with E-state index in [1.807, 2.05) is 6.07 Å². The van der Waals surface area contributed by atoms with Crippen LogP contribution in [0.5, 0.6) is 0 Å². The Kier molecular flexibility index (Phi) is 6.35. The van der Waals surface area contributed by atoms with Crippen molar-refractivity contribution in [2.24, 2.45) is 0 Å². The van der Waals surface area contributed by atoms with Crippen LogP contribution in [-0.2, 0) is 19.7 Å². The van der Waals surface area contributed by atoms with Gasteiger partial charge in [0.15, 0.2) is 0 Å². The summed E-state index contributed by atoms with van der Waals surface area (Å²) in [6.07, 6.45) is 0.881. The maximum atomic E-state index is 12.5. The van der Waals surface area contributed by atoms with Crippen molar-refractivity contribution in [1.29, 1.82) is 5.26 Å². The van der Waals surface area contributed by atoms with E-state index in [4.69, 9.17) is 15.1 Å². The van der Waals surface area contributed by atoms with Crippen LogP contribution in [0.2, 0.25) is 0 Å². The van der Waals surface area contributed by atoms with Crippen molar-refractivity contribution in [2.75, 3.05) is 33.4 Å². The standard InChI is InChI=1S/C11H19N3O5S/c1-19-9-8-13(6-3-5-12)20(17,18)14-7-2-4-10(14)11(15)16/h10H,2-4,6-9H2,1H3,(H,15,16)/t10-/m0/s1. The summed E-state index contributed by atoms with van der Waals surface area (Å²) in [5.41, 5.74) is 0. The van der Waals surface area contributed by atoms with Gasteiger partial charge in [-0.3, -0.25) is 4.79 Å². The fraction of sp³-hybridized carbons (Fsp3) is 0.818. The fourth-order valence-electron chi connectivity index (χ4n) is 2.12. The highest BCUT2D eigenvalue weighted by Gasteiger charge is 2.41. The average molecular weight is 305 g/mol. The number of carboxylic acid groups (broad SMARTS) is 1. The molecule has 114 valence electrons. The summed E-state index contributed by atoms with van der Waals surface area (Å²) in [6, 6.07) is 0.868. The fourth-order valence-corrected chi connectivity index (χ4v) is 3.92. The van der Waals surface area contributed by atoms with Crippen LogP contribution in [0.25, 0.3) is 0 Å². The Morgan fingerprint density at radius 3 is 2.80 bits per heavy atom. The summed E-state index contributed by atoms with van der Waals surface area (Å²) in [5, 5.41) is 17.7. The summed E-state index contributed by atoms with van der Waals surface area (Å²) < 4.78 is 31.9. The van der Waals surface area contributed by atoms with Gasteiger partial charge in [0.2, 0.25) is 0 Å². The maximum absolute atomic E-state index is 12.5. The molecule has 0 unspecified atom stereocenters. The molecule has 1 rings (SSSR count). The molecule has 1 aliphatic heterocycles. The van der Waals surface area contributed by atoms with Crippen molar-refractivity contribution < 1.29 is 23.1 Å². The van der Waals surface area contributed by atoms with Crippen molar-refractivity contribution in [3.05, 3.63) is 0 Å². The number of ether oxygens (including phenoxy) is 1. The highest BCUT2D eigenvalue weighted by molar-refractivity contribution is 7.86. The van der Waals surface area contributed by atoms with E-state index in [-0.39, 0.29) is 32.7 Å². The molecule has 0 aliphatic carbocycles. The quantitative estimate of drug-likeness (QED) is 0.655. The summed E-state index contributed by atoms with van der Waals surface area (Å²) in [4.78, 5) is 11.1. The molecule has 0 aromatic rings. The molecule has 0 saturated carbocycles. The molecule has 1 N–H and O–H groups in total. The van der Waals surface area contributed by atoms with E-state index < -0.39 is 22.2 Å². The van der Waals surface area contributed by atoms with Crippen LogP contribution in [0.15, 0.2) is 0 Å². The number of hydrogen-bond acceptors (Lipinski definition) is 5. The van der Waals surface area contributed by atoms with Crippen LogP contribution < -0.4 is 0 Å². The Morgan fingerprint density at radius 1 is 1.55 bits per heavy atom. The molecule has 0 aromatic heterocycles. The van der Waals surface area contributed by atoms with Crippen LogP contribution in [-0.4, -0.2) is 67.5 Å². The molecule has 0 radical (unpaired) electrons. The third-order valence-electron chi connectivity index (χ3n) is 3.13. The van der Waals surface area contributed by atoms with E-state index in [0.717, 1.165) is 8.61 Å². The van der Waals surface area contributed by atoms with Crippen molar-refractivity contribution >= 4 is 16.2 Å². The molecule has 1 aliphatic rings. The SMILES string of the molecule is COCCN(CCC#N)S(=O)(=O)N1CCC[C@H]1C(=O)O. The van der Waals surface area contributed by atoms with Gasteiger partial charge in [-0.05, 0) is 12.8 Å². The third kappa shape index (κ3) is 3.89. The second kappa shape index (κ2) is 7.54. The predicted octanol–water partition coefficient (Wildman–Crippen LogP) is -0.358. The molecule has 9 heteroatoms. The molecule has 20 heavy (non-hydrogen) atoms. The van der Waals surface area contributed by atoms with Gasteiger partial charge < -0.3 is 9.84 Å². The number of rotatable bonds is 8. The second-order valence-corrected chi connectivity index (χ2v) is 6.30. The molecule has 8 nitrogen and oxygen atoms in total. The average Bonchev–Trinajstić information content (AvgIpc) is 2.88. The first-order chi connectivity index (χ1) is 9.45. The molecule has 0 bridgehead atoms. The van der Waals surface area contributed by atoms with Crippen LogP contribution >= 0.6 is 0 Å². The number of nitriles is 1. The van der Waals surface area contributed by atoms with Gasteiger partial charge in [-0.15, -0.1) is 0 Å². The Bertz CT molecular complexity index is 473. The number of carbonyl (C=O) groups is 1. The summed E-state index contributed by atoms with van der Waals surface area (Å²) in [5.74, 6) is -1.14. The first-order valence-electron chi connectivity index (χ1n) is 6.30. The Labute approximate surface area is 118 Å². The van der Waals surface area contributed by atoms with Crippen LogP contribution in [0.4, 0.5) is 0 Å². The molecule has 1 fully saturated rings. The summed E-state index contributed by atoms with van der Waals surface area (Å²) in [6.45, 7) is 0.514. The van der Waals surface area contributed by atoms with E-state index >= 15 is 0 Å². The lowest BCUT2D eigenvalue weighted by molar-refractivity contribution is -0.140. The van der Waals surface area contributed by atoms with E-state index in [1.54, 1.807) is 0 Å². The lowest BCUT2D eigenvalue weighted by Crippen LogP contribution is -2.49. The molecule has 1 atom stereocenters. The number of aliphatic carboxylic acids is 1. The molecule has 1 heterocycles. The molecule has 0 amide bonds. The largest absolute Gasteiger partial charge is 0.480 e. The Morgan fingerprint density at radius 2 is 2.25 bits per heavy atom. The molecular weight excluding hydrogens is 286 g/mol. The molecular formula is C11H19N3O5S. The van der Waals surface area contributed by atoms with Gasteiger partial charge in [0, 0.05) is 33.2 Å². The van der Waals surface area contributed by atoms with Gasteiger partial charge in [-0.25, -0.2) is 0 Å². The lowest BCUT2D eigenvalue weighted by atomic mass is 10.2. The van der Waals surface area contributed by atoms with E-state index in [9.17, 15) is 13.2 Å². The number of carboxylic acids is 1. The monoisotopic (exact) mass is 305 g/mol. The number of nitrogens with zero attached hydrogens (tertiary/aromatic N) is 3. The smallest absolute Gasteiger partial charge is 0.322 e. The van der Waals surface area contributed by atoms with Gasteiger partial charge >= 0.3 is 5.97 Å². The van der Waals surface area contributed by atoms with Crippen molar-refractivity contribution in [3.63, 3.8) is 0 Å². The highest BCUT2D eigenvalue weighted by Crippen LogP contribution is 2.23. The normalized spacial score (nSPS) is 20.1. The topological polar surface area (TPSA) is 111 Å². The van der Waals surface area contributed by atoms with E-state index in [0.29, 0.717) is 12.8 Å². The van der Waals surface area contributed by atoms with Crippen LogP contribution in [0.3, 0.4) is 0 Å². The summed E-state index contributed by atoms with van der Waals surface area (Å²) in [7, 11) is -2.44. The second-order valence-electron chi connectivity index (χ2n) is 4.41. The molecule has 1 saturated heterocycles. The third-order valence-corrected chi connectivity index (χ3v) is 5.18. The Balaban J connectivity index is 2.90. The van der Waals surface area contributed by atoms with Gasteiger partial charge in [-0.2, -0.15) is 22.3 Å². The van der Waals surface area contributed by atoms with E-state index in [2.05, 4.69) is 0 Å². The minimum atomic E-state index is -3.88. The zero-order valence-electron chi connectivity index (χ0n) is 11.4. The minimum absolute atomic E-state index is 0.0328. The first-order valence-corrected chi connectivity index (χ1v) is 7.70. The summed E-state index contributed by atoms with van der Waals surface area (Å²) >= 11 is 0. The van der Waals surface area contributed by atoms with E-state index in [1.165, 1.54) is 7.11 Å². The lowest BCUT2D eigenvalue weighted by Gasteiger charge is -2.28. The predicted molar refractivity (Wildman–Crippen MR) is 70.0 cm³/mol.